The monoisotopic (exact) mass is 355 g/mol. The molecule has 1 amide bonds. The molecule has 4 rings (SSSR count). The van der Waals surface area contributed by atoms with Gasteiger partial charge < -0.3 is 15.4 Å². The molecular weight excluding hydrogens is 338 g/mol. The van der Waals surface area contributed by atoms with Gasteiger partial charge in [-0.2, -0.15) is 0 Å². The molecule has 7 nitrogen and oxygen atoms in total. The summed E-state index contributed by atoms with van der Waals surface area (Å²) in [4.78, 5) is 27.2. The standard InChI is InChI=1S/C17H17N5O2S/c18-15(23)14-9-12(1-5-19-14)24-11-2-6-22(7-3-11)16-13-4-8-25-17(13)21-10-20-16/h1,4-5,8-11H,2-3,6-7H2,(H2,18,23). The van der Waals surface area contributed by atoms with E-state index < -0.39 is 5.91 Å². The maximum absolute atomic E-state index is 11.2. The first-order chi connectivity index (χ1) is 12.2. The number of anilines is 1. The maximum Gasteiger partial charge on any atom is 0.267 e. The van der Waals surface area contributed by atoms with Gasteiger partial charge in [0.15, 0.2) is 0 Å². The molecule has 1 aliphatic rings. The van der Waals surface area contributed by atoms with Crippen molar-refractivity contribution < 1.29 is 9.53 Å². The summed E-state index contributed by atoms with van der Waals surface area (Å²) in [5, 5.41) is 3.14. The van der Waals surface area contributed by atoms with E-state index in [2.05, 4.69) is 25.9 Å². The summed E-state index contributed by atoms with van der Waals surface area (Å²) in [7, 11) is 0. The molecule has 1 fully saturated rings. The van der Waals surface area contributed by atoms with Crippen molar-refractivity contribution in [2.45, 2.75) is 18.9 Å². The smallest absolute Gasteiger partial charge is 0.267 e. The molecule has 0 unspecified atom stereocenters. The van der Waals surface area contributed by atoms with Crippen LogP contribution >= 0.6 is 11.3 Å². The average molecular weight is 355 g/mol. The lowest BCUT2D eigenvalue weighted by Crippen LogP contribution is -2.38. The zero-order valence-corrected chi connectivity index (χ0v) is 14.3. The molecular formula is C17H17N5O2S. The summed E-state index contributed by atoms with van der Waals surface area (Å²) in [6, 6.07) is 5.41. The van der Waals surface area contributed by atoms with Crippen molar-refractivity contribution in [2.75, 3.05) is 18.0 Å². The van der Waals surface area contributed by atoms with Gasteiger partial charge in [-0.1, -0.05) is 0 Å². The van der Waals surface area contributed by atoms with Gasteiger partial charge in [0.1, 0.15) is 34.5 Å². The predicted octanol–water partition coefficient (Wildman–Crippen LogP) is 2.23. The molecule has 4 heterocycles. The van der Waals surface area contributed by atoms with Crippen molar-refractivity contribution in [3.63, 3.8) is 0 Å². The molecule has 0 radical (unpaired) electrons. The summed E-state index contributed by atoms with van der Waals surface area (Å²) in [6.45, 7) is 1.72. The van der Waals surface area contributed by atoms with Gasteiger partial charge >= 0.3 is 0 Å². The molecule has 0 aromatic carbocycles. The third-order valence-corrected chi connectivity index (χ3v) is 5.09. The van der Waals surface area contributed by atoms with E-state index in [1.54, 1.807) is 36.0 Å². The predicted molar refractivity (Wildman–Crippen MR) is 96.0 cm³/mol. The van der Waals surface area contributed by atoms with Crippen LogP contribution in [0.1, 0.15) is 23.3 Å². The van der Waals surface area contributed by atoms with Crippen LogP contribution in [0.15, 0.2) is 36.1 Å². The van der Waals surface area contributed by atoms with Crippen LogP contribution in [0.2, 0.25) is 0 Å². The van der Waals surface area contributed by atoms with Crippen LogP contribution in [0.25, 0.3) is 10.2 Å². The molecule has 0 aliphatic carbocycles. The van der Waals surface area contributed by atoms with Crippen LogP contribution in [0, 0.1) is 0 Å². The van der Waals surface area contributed by atoms with Gasteiger partial charge in [0.2, 0.25) is 0 Å². The van der Waals surface area contributed by atoms with Crippen molar-refractivity contribution in [2.24, 2.45) is 5.73 Å². The largest absolute Gasteiger partial charge is 0.490 e. The van der Waals surface area contributed by atoms with Gasteiger partial charge in [-0.15, -0.1) is 11.3 Å². The van der Waals surface area contributed by atoms with E-state index in [4.69, 9.17) is 10.5 Å². The Morgan fingerprint density at radius 3 is 2.88 bits per heavy atom. The van der Waals surface area contributed by atoms with E-state index in [1.807, 2.05) is 5.38 Å². The Hall–Kier alpha value is -2.74. The quantitative estimate of drug-likeness (QED) is 0.771. The van der Waals surface area contributed by atoms with Crippen molar-refractivity contribution >= 4 is 33.3 Å². The minimum Gasteiger partial charge on any atom is -0.490 e. The molecule has 3 aromatic heterocycles. The number of fused-ring (bicyclic) bond motifs is 1. The second-order valence-electron chi connectivity index (χ2n) is 5.88. The molecule has 128 valence electrons. The minimum absolute atomic E-state index is 0.0965. The van der Waals surface area contributed by atoms with Crippen molar-refractivity contribution in [3.05, 3.63) is 41.8 Å². The molecule has 2 N–H and O–H groups in total. The van der Waals surface area contributed by atoms with E-state index >= 15 is 0 Å². The highest BCUT2D eigenvalue weighted by atomic mass is 32.1. The van der Waals surface area contributed by atoms with Gasteiger partial charge in [0.25, 0.3) is 5.91 Å². The number of piperidine rings is 1. The topological polar surface area (TPSA) is 94.2 Å². The fourth-order valence-electron chi connectivity index (χ4n) is 3.03. The average Bonchev–Trinajstić information content (AvgIpc) is 3.11. The van der Waals surface area contributed by atoms with Crippen LogP contribution in [-0.4, -0.2) is 40.1 Å². The molecule has 0 spiro atoms. The van der Waals surface area contributed by atoms with E-state index in [-0.39, 0.29) is 11.8 Å². The maximum atomic E-state index is 11.2. The fourth-order valence-corrected chi connectivity index (χ4v) is 3.75. The first-order valence-corrected chi connectivity index (χ1v) is 8.94. The number of ether oxygens (including phenoxy) is 1. The van der Waals surface area contributed by atoms with Gasteiger partial charge in [0, 0.05) is 38.2 Å². The molecule has 3 aromatic rings. The van der Waals surface area contributed by atoms with Crippen LogP contribution in [-0.2, 0) is 0 Å². The molecule has 25 heavy (non-hydrogen) atoms. The normalized spacial score (nSPS) is 15.4. The highest BCUT2D eigenvalue weighted by Gasteiger charge is 2.23. The number of nitrogens with two attached hydrogens (primary N) is 1. The zero-order valence-electron chi connectivity index (χ0n) is 13.5. The SMILES string of the molecule is NC(=O)c1cc(OC2CCN(c3ncnc4sccc34)CC2)ccn1. The fraction of sp³-hybridized carbons (Fsp3) is 0.294. The number of nitrogens with zero attached hydrogens (tertiary/aromatic N) is 4. The van der Waals surface area contributed by atoms with Crippen molar-refractivity contribution in [3.8, 4) is 5.75 Å². The van der Waals surface area contributed by atoms with E-state index in [1.165, 1.54) is 0 Å². The Balaban J connectivity index is 1.42. The molecule has 0 saturated carbocycles. The van der Waals surface area contributed by atoms with Crippen LogP contribution in [0.3, 0.4) is 0 Å². The Labute approximate surface area is 148 Å². The number of thiophene rings is 1. The number of hydrogen-bond donors (Lipinski definition) is 1. The minimum atomic E-state index is -0.552. The molecule has 1 saturated heterocycles. The third-order valence-electron chi connectivity index (χ3n) is 4.27. The summed E-state index contributed by atoms with van der Waals surface area (Å²) in [5.74, 6) is 1.07. The lowest BCUT2D eigenvalue weighted by atomic mass is 10.1. The Morgan fingerprint density at radius 2 is 2.08 bits per heavy atom. The molecule has 0 atom stereocenters. The Bertz CT molecular complexity index is 905. The number of pyridine rings is 1. The van der Waals surface area contributed by atoms with Crippen LogP contribution < -0.4 is 15.4 Å². The molecule has 1 aliphatic heterocycles. The lowest BCUT2D eigenvalue weighted by Gasteiger charge is -2.33. The van der Waals surface area contributed by atoms with Gasteiger partial charge in [-0.05, 0) is 17.5 Å². The summed E-state index contributed by atoms with van der Waals surface area (Å²) < 4.78 is 6.00. The lowest BCUT2D eigenvalue weighted by molar-refractivity contribution is 0.0994. The van der Waals surface area contributed by atoms with E-state index in [0.29, 0.717) is 5.75 Å². The highest BCUT2D eigenvalue weighted by molar-refractivity contribution is 7.16. The van der Waals surface area contributed by atoms with E-state index in [0.717, 1.165) is 42.0 Å². The van der Waals surface area contributed by atoms with Gasteiger partial charge in [-0.3, -0.25) is 9.78 Å². The number of carbonyl (C=O) groups excluding carboxylic acids is 1. The second kappa shape index (κ2) is 6.64. The number of hydrogen-bond acceptors (Lipinski definition) is 7. The number of rotatable bonds is 4. The van der Waals surface area contributed by atoms with Crippen LogP contribution in [0.5, 0.6) is 5.75 Å². The second-order valence-corrected chi connectivity index (χ2v) is 6.78. The van der Waals surface area contributed by atoms with Crippen LogP contribution in [0.4, 0.5) is 5.82 Å². The van der Waals surface area contributed by atoms with Crippen molar-refractivity contribution in [1.29, 1.82) is 0 Å². The number of aromatic nitrogens is 3. The number of primary amides is 1. The first kappa shape index (κ1) is 15.8. The molecule has 8 heteroatoms. The third kappa shape index (κ3) is 3.25. The first-order valence-electron chi connectivity index (χ1n) is 8.06. The van der Waals surface area contributed by atoms with Crippen molar-refractivity contribution in [1.82, 2.24) is 15.0 Å². The van der Waals surface area contributed by atoms with E-state index in [9.17, 15) is 4.79 Å². The molecule has 0 bridgehead atoms. The Kier molecular flexibility index (Phi) is 4.19. The highest BCUT2D eigenvalue weighted by Crippen LogP contribution is 2.29. The number of carbonyl (C=O) groups is 1. The summed E-state index contributed by atoms with van der Waals surface area (Å²) >= 11 is 1.63. The zero-order chi connectivity index (χ0) is 17.2. The van der Waals surface area contributed by atoms with Gasteiger partial charge in [0.05, 0.1) is 5.39 Å². The summed E-state index contributed by atoms with van der Waals surface area (Å²) in [5.41, 5.74) is 5.48. The Morgan fingerprint density at radius 1 is 1.24 bits per heavy atom. The summed E-state index contributed by atoms with van der Waals surface area (Å²) in [6.07, 6.45) is 5.02. The van der Waals surface area contributed by atoms with Gasteiger partial charge in [-0.25, -0.2) is 9.97 Å². The number of amides is 1.